The van der Waals surface area contributed by atoms with Crippen molar-refractivity contribution < 1.29 is 17.9 Å². The molecule has 5 heteroatoms. The number of hydrogen-bond donors (Lipinski definition) is 1. The smallest absolute Gasteiger partial charge is 0.363 e. The van der Waals surface area contributed by atoms with Crippen molar-refractivity contribution in [2.45, 2.75) is 25.1 Å². The Kier molecular flexibility index (Phi) is 2.63. The van der Waals surface area contributed by atoms with E-state index in [1.165, 1.54) is 6.92 Å². The quantitative estimate of drug-likeness (QED) is 0.662. The summed E-state index contributed by atoms with van der Waals surface area (Å²) in [5, 5.41) is 2.69. The summed E-state index contributed by atoms with van der Waals surface area (Å²) >= 11 is 0. The molecule has 1 aliphatic rings. The molecule has 12 heavy (non-hydrogen) atoms. The lowest BCUT2D eigenvalue weighted by atomic mass is 9.98. The van der Waals surface area contributed by atoms with E-state index in [1.54, 1.807) is 0 Å². The van der Waals surface area contributed by atoms with Gasteiger partial charge in [-0.1, -0.05) is 6.92 Å². The number of halogens is 3. The second-order valence-electron chi connectivity index (χ2n) is 2.87. The Hall–Kier alpha value is -0.290. The van der Waals surface area contributed by atoms with Gasteiger partial charge in [-0.25, -0.2) is 0 Å². The molecular weight excluding hydrogens is 171 g/mol. The highest BCUT2D eigenvalue weighted by Gasteiger charge is 2.55. The van der Waals surface area contributed by atoms with Gasteiger partial charge in [-0.05, 0) is 6.42 Å². The highest BCUT2D eigenvalue weighted by Crippen LogP contribution is 2.36. The first-order valence-electron chi connectivity index (χ1n) is 3.93. The molecule has 2 nitrogen and oxygen atoms in total. The van der Waals surface area contributed by atoms with E-state index in [1.807, 2.05) is 0 Å². The van der Waals surface area contributed by atoms with E-state index in [2.05, 4.69) is 5.32 Å². The summed E-state index contributed by atoms with van der Waals surface area (Å²) in [4.78, 5) is 0. The Bertz CT molecular complexity index is 151. The molecule has 1 N–H and O–H groups in total. The van der Waals surface area contributed by atoms with Crippen molar-refractivity contribution in [3.05, 3.63) is 0 Å². The average molecular weight is 183 g/mol. The van der Waals surface area contributed by atoms with Crippen LogP contribution in [0.5, 0.6) is 0 Å². The molecule has 1 heterocycles. The standard InChI is InChI=1S/C7H12F3NO/c1-2-6(7(8,9)10)5-11-3-4-12-6/h11H,2-5H2,1H3/t6-/m0/s1. The Morgan fingerprint density at radius 2 is 2.17 bits per heavy atom. The predicted octanol–water partition coefficient (Wildman–Crippen LogP) is 1.32. The number of alkyl halides is 3. The van der Waals surface area contributed by atoms with E-state index in [9.17, 15) is 13.2 Å². The first-order valence-corrected chi connectivity index (χ1v) is 3.93. The molecule has 0 radical (unpaired) electrons. The Morgan fingerprint density at radius 3 is 2.42 bits per heavy atom. The molecule has 0 bridgehead atoms. The second-order valence-corrected chi connectivity index (χ2v) is 2.87. The number of nitrogens with one attached hydrogen (secondary N) is 1. The molecule has 0 spiro atoms. The molecule has 1 aliphatic heterocycles. The molecular formula is C7H12F3NO. The average Bonchev–Trinajstić information content (AvgIpc) is 2.04. The number of rotatable bonds is 1. The summed E-state index contributed by atoms with van der Waals surface area (Å²) < 4.78 is 42.1. The zero-order valence-corrected chi connectivity index (χ0v) is 6.87. The third-order valence-corrected chi connectivity index (χ3v) is 2.16. The van der Waals surface area contributed by atoms with Gasteiger partial charge in [0.2, 0.25) is 0 Å². The molecule has 0 aromatic heterocycles. The first-order chi connectivity index (χ1) is 5.52. The second kappa shape index (κ2) is 3.22. The molecule has 1 atom stereocenters. The number of ether oxygens (including phenoxy) is 1. The molecule has 1 saturated heterocycles. The summed E-state index contributed by atoms with van der Waals surface area (Å²) in [7, 11) is 0. The van der Waals surface area contributed by atoms with E-state index < -0.39 is 11.8 Å². The summed E-state index contributed by atoms with van der Waals surface area (Å²) in [6.45, 7) is 1.98. The summed E-state index contributed by atoms with van der Waals surface area (Å²) in [5.74, 6) is 0. The van der Waals surface area contributed by atoms with Gasteiger partial charge in [0.05, 0.1) is 6.61 Å². The van der Waals surface area contributed by atoms with Crippen molar-refractivity contribution in [1.29, 1.82) is 0 Å². The fourth-order valence-corrected chi connectivity index (χ4v) is 1.27. The minimum Gasteiger partial charge on any atom is -0.363 e. The molecule has 0 amide bonds. The largest absolute Gasteiger partial charge is 0.418 e. The van der Waals surface area contributed by atoms with Crippen molar-refractivity contribution in [3.63, 3.8) is 0 Å². The van der Waals surface area contributed by atoms with Crippen LogP contribution >= 0.6 is 0 Å². The molecule has 0 aromatic rings. The van der Waals surface area contributed by atoms with Crippen LogP contribution in [0.1, 0.15) is 13.3 Å². The maximum Gasteiger partial charge on any atom is 0.418 e. The number of morpholine rings is 1. The molecule has 0 aromatic carbocycles. The Morgan fingerprint density at radius 1 is 1.50 bits per heavy atom. The van der Waals surface area contributed by atoms with Gasteiger partial charge in [-0.2, -0.15) is 13.2 Å². The minimum atomic E-state index is -4.27. The normalized spacial score (nSPS) is 32.0. The van der Waals surface area contributed by atoms with E-state index in [4.69, 9.17) is 4.74 Å². The molecule has 1 fully saturated rings. The van der Waals surface area contributed by atoms with Gasteiger partial charge in [-0.15, -0.1) is 0 Å². The predicted molar refractivity (Wildman–Crippen MR) is 37.9 cm³/mol. The Balaban J connectivity index is 2.73. The van der Waals surface area contributed by atoms with Crippen molar-refractivity contribution in [2.75, 3.05) is 19.7 Å². The van der Waals surface area contributed by atoms with Gasteiger partial charge in [0.1, 0.15) is 0 Å². The van der Waals surface area contributed by atoms with Crippen LogP contribution in [0.2, 0.25) is 0 Å². The van der Waals surface area contributed by atoms with Crippen LogP contribution < -0.4 is 5.32 Å². The van der Waals surface area contributed by atoms with Gasteiger partial charge in [0.25, 0.3) is 0 Å². The van der Waals surface area contributed by atoms with Crippen molar-refractivity contribution in [1.82, 2.24) is 5.32 Å². The summed E-state index contributed by atoms with van der Waals surface area (Å²) in [6, 6.07) is 0. The monoisotopic (exact) mass is 183 g/mol. The fourth-order valence-electron chi connectivity index (χ4n) is 1.27. The first kappa shape index (κ1) is 9.80. The van der Waals surface area contributed by atoms with Crippen LogP contribution in [0.3, 0.4) is 0 Å². The van der Waals surface area contributed by atoms with Crippen LogP contribution in [-0.2, 0) is 4.74 Å². The van der Waals surface area contributed by atoms with Crippen molar-refractivity contribution >= 4 is 0 Å². The van der Waals surface area contributed by atoms with E-state index in [0.29, 0.717) is 6.54 Å². The fraction of sp³-hybridized carbons (Fsp3) is 1.00. The van der Waals surface area contributed by atoms with Crippen LogP contribution in [0.25, 0.3) is 0 Å². The van der Waals surface area contributed by atoms with Gasteiger partial charge in [0, 0.05) is 13.1 Å². The van der Waals surface area contributed by atoms with Crippen LogP contribution in [0.4, 0.5) is 13.2 Å². The third-order valence-electron chi connectivity index (χ3n) is 2.16. The molecule has 0 unspecified atom stereocenters. The van der Waals surface area contributed by atoms with Crippen molar-refractivity contribution in [2.24, 2.45) is 0 Å². The van der Waals surface area contributed by atoms with Gasteiger partial charge >= 0.3 is 6.18 Å². The highest BCUT2D eigenvalue weighted by molar-refractivity contribution is 4.91. The Labute approximate surface area is 69.1 Å². The summed E-state index contributed by atoms with van der Waals surface area (Å²) in [6.07, 6.45) is -4.31. The zero-order chi connectivity index (χ0) is 9.24. The van der Waals surface area contributed by atoms with Crippen LogP contribution in [-0.4, -0.2) is 31.5 Å². The third kappa shape index (κ3) is 1.56. The summed E-state index contributed by atoms with van der Waals surface area (Å²) in [5.41, 5.74) is -1.95. The lowest BCUT2D eigenvalue weighted by Crippen LogP contribution is -2.58. The molecule has 1 rings (SSSR count). The lowest BCUT2D eigenvalue weighted by molar-refractivity contribution is -0.284. The van der Waals surface area contributed by atoms with Crippen LogP contribution in [0.15, 0.2) is 0 Å². The van der Waals surface area contributed by atoms with Crippen LogP contribution in [0, 0.1) is 0 Å². The highest BCUT2D eigenvalue weighted by atomic mass is 19.4. The topological polar surface area (TPSA) is 21.3 Å². The lowest BCUT2D eigenvalue weighted by Gasteiger charge is -2.38. The maximum atomic E-state index is 12.4. The maximum absolute atomic E-state index is 12.4. The van der Waals surface area contributed by atoms with Crippen molar-refractivity contribution in [3.8, 4) is 0 Å². The minimum absolute atomic E-state index is 0.0382. The zero-order valence-electron chi connectivity index (χ0n) is 6.87. The van der Waals surface area contributed by atoms with Gasteiger partial charge < -0.3 is 10.1 Å². The van der Waals surface area contributed by atoms with E-state index in [0.717, 1.165) is 0 Å². The molecule has 0 aliphatic carbocycles. The van der Waals surface area contributed by atoms with Gasteiger partial charge in [-0.3, -0.25) is 0 Å². The molecule has 72 valence electrons. The SMILES string of the molecule is CC[C@@]1(C(F)(F)F)CNCCO1. The van der Waals surface area contributed by atoms with E-state index in [-0.39, 0.29) is 19.6 Å². The van der Waals surface area contributed by atoms with E-state index >= 15 is 0 Å². The van der Waals surface area contributed by atoms with Gasteiger partial charge in [0.15, 0.2) is 5.60 Å². The number of hydrogen-bond acceptors (Lipinski definition) is 2. The molecule has 0 saturated carbocycles.